The van der Waals surface area contributed by atoms with E-state index in [4.69, 9.17) is 0 Å². The first-order valence-electron chi connectivity index (χ1n) is 8.25. The van der Waals surface area contributed by atoms with Gasteiger partial charge in [0.15, 0.2) is 0 Å². The minimum Gasteiger partial charge on any atom is -0.340 e. The van der Waals surface area contributed by atoms with Crippen LogP contribution in [0, 0.1) is 5.82 Å². The van der Waals surface area contributed by atoms with Crippen molar-refractivity contribution in [2.45, 2.75) is 38.1 Å². The highest BCUT2D eigenvalue weighted by atomic mass is 19.1. The number of anilines is 3. The topological polar surface area (TPSA) is 66.0 Å². The highest BCUT2D eigenvalue weighted by molar-refractivity contribution is 5.89. The van der Waals surface area contributed by atoms with E-state index in [2.05, 4.69) is 20.9 Å². The third-order valence-corrected chi connectivity index (χ3v) is 4.06. The summed E-state index contributed by atoms with van der Waals surface area (Å²) in [5, 5.41) is 8.79. The van der Waals surface area contributed by atoms with Crippen LogP contribution in [0.15, 0.2) is 42.6 Å². The number of nitrogens with one attached hydrogen (secondary N) is 3. The van der Waals surface area contributed by atoms with Gasteiger partial charge in [-0.25, -0.2) is 14.2 Å². The average molecular weight is 328 g/mol. The van der Waals surface area contributed by atoms with Gasteiger partial charge < -0.3 is 16.0 Å². The second kappa shape index (κ2) is 7.77. The zero-order chi connectivity index (χ0) is 16.8. The van der Waals surface area contributed by atoms with Crippen molar-refractivity contribution in [2.75, 3.05) is 10.6 Å². The second-order valence-corrected chi connectivity index (χ2v) is 6.00. The molecule has 2 amide bonds. The van der Waals surface area contributed by atoms with Crippen molar-refractivity contribution in [1.29, 1.82) is 0 Å². The number of aromatic nitrogens is 1. The van der Waals surface area contributed by atoms with Crippen LogP contribution in [0.5, 0.6) is 0 Å². The van der Waals surface area contributed by atoms with Crippen molar-refractivity contribution in [3.63, 3.8) is 0 Å². The zero-order valence-electron chi connectivity index (χ0n) is 13.4. The molecule has 24 heavy (non-hydrogen) atoms. The van der Waals surface area contributed by atoms with Gasteiger partial charge in [-0.15, -0.1) is 0 Å². The summed E-state index contributed by atoms with van der Waals surface area (Å²) in [5.74, 6) is 0.275. The van der Waals surface area contributed by atoms with E-state index in [1.165, 1.54) is 31.4 Å². The highest BCUT2D eigenvalue weighted by Gasteiger charge is 2.15. The Morgan fingerprint density at radius 1 is 1.08 bits per heavy atom. The number of nitrogens with zero attached hydrogens (tertiary/aromatic N) is 1. The standard InChI is InChI=1S/C18H21FN4O/c19-13-5-4-8-15(11-13)21-17-10-9-16(12-20-17)23-18(24)22-14-6-2-1-3-7-14/h4-5,8-12,14H,1-3,6-7H2,(H,20,21)(H2,22,23,24). The molecule has 0 unspecified atom stereocenters. The lowest BCUT2D eigenvalue weighted by atomic mass is 9.96. The van der Waals surface area contributed by atoms with Gasteiger partial charge in [0.1, 0.15) is 11.6 Å². The fraction of sp³-hybridized carbons (Fsp3) is 0.333. The summed E-state index contributed by atoms with van der Waals surface area (Å²) in [6, 6.07) is 9.73. The quantitative estimate of drug-likeness (QED) is 0.778. The molecular formula is C18H21FN4O. The maximum atomic E-state index is 13.2. The van der Waals surface area contributed by atoms with E-state index in [1.54, 1.807) is 30.5 Å². The number of hydrogen-bond donors (Lipinski definition) is 3. The van der Waals surface area contributed by atoms with Gasteiger partial charge in [-0.05, 0) is 43.2 Å². The molecule has 0 atom stereocenters. The molecule has 1 heterocycles. The van der Waals surface area contributed by atoms with E-state index in [1.807, 2.05) is 0 Å². The SMILES string of the molecule is O=C(Nc1ccc(Nc2cccc(F)c2)nc1)NC1CCCCC1. The predicted molar refractivity (Wildman–Crippen MR) is 92.9 cm³/mol. The van der Waals surface area contributed by atoms with Crippen LogP contribution in [0.3, 0.4) is 0 Å². The first kappa shape index (κ1) is 16.2. The number of carbonyl (C=O) groups excluding carboxylic acids is 1. The number of carbonyl (C=O) groups is 1. The van der Waals surface area contributed by atoms with E-state index in [9.17, 15) is 9.18 Å². The van der Waals surface area contributed by atoms with Crippen LogP contribution in [-0.2, 0) is 0 Å². The Hall–Kier alpha value is -2.63. The van der Waals surface area contributed by atoms with Gasteiger partial charge >= 0.3 is 6.03 Å². The van der Waals surface area contributed by atoms with E-state index < -0.39 is 0 Å². The largest absolute Gasteiger partial charge is 0.340 e. The molecule has 1 aromatic heterocycles. The maximum absolute atomic E-state index is 13.2. The Kier molecular flexibility index (Phi) is 5.25. The van der Waals surface area contributed by atoms with Crippen LogP contribution in [0.1, 0.15) is 32.1 Å². The Labute approximate surface area is 140 Å². The molecule has 0 bridgehead atoms. The van der Waals surface area contributed by atoms with Crippen molar-refractivity contribution < 1.29 is 9.18 Å². The summed E-state index contributed by atoms with van der Waals surface area (Å²) < 4.78 is 13.2. The molecule has 2 aromatic rings. The van der Waals surface area contributed by atoms with Crippen molar-refractivity contribution in [1.82, 2.24) is 10.3 Å². The zero-order valence-corrected chi connectivity index (χ0v) is 13.4. The smallest absolute Gasteiger partial charge is 0.319 e. The molecule has 0 spiro atoms. The van der Waals surface area contributed by atoms with Crippen LogP contribution >= 0.6 is 0 Å². The Balaban J connectivity index is 1.53. The molecule has 1 aromatic carbocycles. The third kappa shape index (κ3) is 4.68. The summed E-state index contributed by atoms with van der Waals surface area (Å²) in [6.45, 7) is 0. The maximum Gasteiger partial charge on any atom is 0.319 e. The van der Waals surface area contributed by atoms with Crippen molar-refractivity contribution in [3.8, 4) is 0 Å². The number of benzene rings is 1. The second-order valence-electron chi connectivity index (χ2n) is 6.00. The van der Waals surface area contributed by atoms with Crippen molar-refractivity contribution >= 4 is 23.2 Å². The molecule has 3 rings (SSSR count). The van der Waals surface area contributed by atoms with E-state index in [0.29, 0.717) is 17.2 Å². The van der Waals surface area contributed by atoms with Gasteiger partial charge in [-0.1, -0.05) is 25.3 Å². The summed E-state index contributed by atoms with van der Waals surface area (Å²) in [6.07, 6.45) is 7.26. The molecule has 6 heteroatoms. The van der Waals surface area contributed by atoms with Gasteiger partial charge in [0.25, 0.3) is 0 Å². The number of urea groups is 1. The summed E-state index contributed by atoms with van der Waals surface area (Å²) in [4.78, 5) is 16.2. The number of halogens is 1. The molecule has 1 aliphatic carbocycles. The lowest BCUT2D eigenvalue weighted by Crippen LogP contribution is -2.39. The molecule has 126 valence electrons. The molecule has 1 saturated carbocycles. The fourth-order valence-corrected chi connectivity index (χ4v) is 2.86. The van der Waals surface area contributed by atoms with Gasteiger partial charge in [0.05, 0.1) is 11.9 Å². The normalized spacial score (nSPS) is 14.9. The van der Waals surface area contributed by atoms with E-state index in [0.717, 1.165) is 12.8 Å². The first-order chi connectivity index (χ1) is 11.7. The van der Waals surface area contributed by atoms with Crippen LogP contribution in [-0.4, -0.2) is 17.1 Å². The van der Waals surface area contributed by atoms with E-state index in [-0.39, 0.29) is 17.9 Å². The molecule has 0 saturated heterocycles. The molecule has 0 radical (unpaired) electrons. The molecule has 5 nitrogen and oxygen atoms in total. The molecule has 3 N–H and O–H groups in total. The predicted octanol–water partition coefficient (Wildman–Crippen LogP) is 4.42. The first-order valence-corrected chi connectivity index (χ1v) is 8.25. The number of pyridine rings is 1. The molecule has 0 aliphatic heterocycles. The van der Waals surface area contributed by atoms with Crippen LogP contribution in [0.25, 0.3) is 0 Å². The highest BCUT2D eigenvalue weighted by Crippen LogP contribution is 2.19. The minimum absolute atomic E-state index is 0.200. The fourth-order valence-electron chi connectivity index (χ4n) is 2.86. The minimum atomic E-state index is -0.308. The Bertz CT molecular complexity index is 684. The summed E-state index contributed by atoms with van der Waals surface area (Å²) in [5.41, 5.74) is 1.24. The van der Waals surface area contributed by atoms with Crippen LogP contribution < -0.4 is 16.0 Å². The lowest BCUT2D eigenvalue weighted by molar-refractivity contribution is 0.244. The van der Waals surface area contributed by atoms with Gasteiger partial charge in [-0.2, -0.15) is 0 Å². The van der Waals surface area contributed by atoms with Gasteiger partial charge in [0, 0.05) is 11.7 Å². The average Bonchev–Trinajstić information content (AvgIpc) is 2.57. The van der Waals surface area contributed by atoms with Gasteiger partial charge in [-0.3, -0.25) is 0 Å². The third-order valence-electron chi connectivity index (χ3n) is 4.06. The lowest BCUT2D eigenvalue weighted by Gasteiger charge is -2.22. The number of rotatable bonds is 4. The Morgan fingerprint density at radius 3 is 2.62 bits per heavy atom. The molecular weight excluding hydrogens is 307 g/mol. The number of hydrogen-bond acceptors (Lipinski definition) is 3. The van der Waals surface area contributed by atoms with Crippen molar-refractivity contribution in [2.24, 2.45) is 0 Å². The monoisotopic (exact) mass is 328 g/mol. The van der Waals surface area contributed by atoms with Crippen LogP contribution in [0.2, 0.25) is 0 Å². The number of amides is 2. The molecule has 1 fully saturated rings. The van der Waals surface area contributed by atoms with Gasteiger partial charge in [0.2, 0.25) is 0 Å². The Morgan fingerprint density at radius 2 is 1.92 bits per heavy atom. The van der Waals surface area contributed by atoms with E-state index >= 15 is 0 Å². The van der Waals surface area contributed by atoms with Crippen molar-refractivity contribution in [3.05, 3.63) is 48.4 Å². The summed E-state index contributed by atoms with van der Waals surface area (Å²) >= 11 is 0. The molecule has 1 aliphatic rings. The summed E-state index contributed by atoms with van der Waals surface area (Å²) in [7, 11) is 0. The van der Waals surface area contributed by atoms with Crippen LogP contribution in [0.4, 0.5) is 26.4 Å².